The summed E-state index contributed by atoms with van der Waals surface area (Å²) < 4.78 is 0. The second kappa shape index (κ2) is 5.14. The van der Waals surface area contributed by atoms with Gasteiger partial charge in [0.2, 0.25) is 0 Å². The molecule has 1 unspecified atom stereocenters. The van der Waals surface area contributed by atoms with Gasteiger partial charge in [-0.05, 0) is 26.3 Å². The van der Waals surface area contributed by atoms with Crippen LogP contribution in [0.5, 0.6) is 0 Å². The maximum Gasteiger partial charge on any atom is 0.274 e. The van der Waals surface area contributed by atoms with Crippen molar-refractivity contribution in [2.75, 3.05) is 11.9 Å². The lowest BCUT2D eigenvalue weighted by Crippen LogP contribution is -2.38. The summed E-state index contributed by atoms with van der Waals surface area (Å²) in [7, 11) is 0. The first-order valence-corrected chi connectivity index (χ1v) is 5.56. The summed E-state index contributed by atoms with van der Waals surface area (Å²) in [5.74, 6) is 0. The van der Waals surface area contributed by atoms with Gasteiger partial charge in [0.25, 0.3) is 5.69 Å². The molecule has 5 heteroatoms. The normalized spacial score (nSPS) is 14.1. The number of hydrogen-bond acceptors (Lipinski definition) is 4. The van der Waals surface area contributed by atoms with Gasteiger partial charge in [-0.3, -0.25) is 10.1 Å². The molecule has 5 nitrogen and oxygen atoms in total. The van der Waals surface area contributed by atoms with E-state index < -0.39 is 10.5 Å². The Morgan fingerprint density at radius 3 is 2.65 bits per heavy atom. The lowest BCUT2D eigenvalue weighted by Gasteiger charge is -2.29. The third-order valence-corrected chi connectivity index (χ3v) is 3.07. The molecule has 0 bridgehead atoms. The van der Waals surface area contributed by atoms with Gasteiger partial charge in [-0.2, -0.15) is 0 Å². The van der Waals surface area contributed by atoms with Gasteiger partial charge in [-0.1, -0.05) is 13.0 Å². The quantitative estimate of drug-likeness (QED) is 0.610. The maximum absolute atomic E-state index is 10.8. The molecule has 0 saturated heterocycles. The molecule has 1 rings (SSSR count). The first-order valence-electron chi connectivity index (χ1n) is 5.56. The van der Waals surface area contributed by atoms with E-state index >= 15 is 0 Å². The summed E-state index contributed by atoms with van der Waals surface area (Å²) in [6.07, 6.45) is 0.728. The fraction of sp³-hybridized carbons (Fsp3) is 0.500. The number of aliphatic hydroxyl groups is 1. The molecule has 1 atom stereocenters. The number of nitrogens with zero attached hydrogens (tertiary/aromatic N) is 1. The van der Waals surface area contributed by atoms with E-state index in [2.05, 4.69) is 5.32 Å². The van der Waals surface area contributed by atoms with E-state index in [9.17, 15) is 15.2 Å². The zero-order chi connectivity index (χ0) is 13.1. The molecule has 0 aliphatic rings. The van der Waals surface area contributed by atoms with Crippen molar-refractivity contribution in [1.82, 2.24) is 0 Å². The fourth-order valence-electron chi connectivity index (χ4n) is 1.52. The fourth-order valence-corrected chi connectivity index (χ4v) is 1.52. The van der Waals surface area contributed by atoms with Crippen LogP contribution in [-0.2, 0) is 0 Å². The highest BCUT2D eigenvalue weighted by molar-refractivity contribution is 5.60. The summed E-state index contributed by atoms with van der Waals surface area (Å²) in [4.78, 5) is 10.4. The maximum atomic E-state index is 10.8. The molecule has 0 aromatic heterocycles. The third kappa shape index (κ3) is 2.94. The van der Waals surface area contributed by atoms with Crippen LogP contribution in [0.15, 0.2) is 18.2 Å². The number of hydrogen-bond donors (Lipinski definition) is 2. The second-order valence-electron chi connectivity index (χ2n) is 4.40. The van der Waals surface area contributed by atoms with Crippen LogP contribution in [0.2, 0.25) is 0 Å². The number of nitro benzene ring substituents is 1. The van der Waals surface area contributed by atoms with Crippen molar-refractivity contribution in [3.05, 3.63) is 33.9 Å². The second-order valence-corrected chi connectivity index (χ2v) is 4.40. The average molecular weight is 238 g/mol. The molecular weight excluding hydrogens is 220 g/mol. The summed E-state index contributed by atoms with van der Waals surface area (Å²) in [6.45, 7) is 5.51. The minimum atomic E-state index is -0.458. The van der Waals surface area contributed by atoms with Gasteiger partial charge in [0.05, 0.1) is 17.1 Å². The number of nitrogens with one attached hydrogen (secondary N) is 1. The Morgan fingerprint density at radius 2 is 2.18 bits per heavy atom. The molecular formula is C12H18N2O3. The highest BCUT2D eigenvalue weighted by Gasteiger charge is 2.23. The number of rotatable bonds is 5. The molecule has 0 amide bonds. The van der Waals surface area contributed by atoms with Gasteiger partial charge in [0.15, 0.2) is 0 Å². The molecule has 0 fully saturated rings. The van der Waals surface area contributed by atoms with Crippen LogP contribution in [0.4, 0.5) is 11.4 Å². The molecule has 0 saturated carbocycles. The van der Waals surface area contributed by atoms with E-state index in [-0.39, 0.29) is 12.3 Å². The van der Waals surface area contributed by atoms with Crippen LogP contribution in [0.1, 0.15) is 25.8 Å². The van der Waals surface area contributed by atoms with Crippen LogP contribution < -0.4 is 5.32 Å². The highest BCUT2D eigenvalue weighted by atomic mass is 16.6. The Bertz CT molecular complexity index is 414. The van der Waals surface area contributed by atoms with Crippen molar-refractivity contribution in [2.45, 2.75) is 32.7 Å². The minimum absolute atomic E-state index is 0.0222. The molecule has 0 heterocycles. The van der Waals surface area contributed by atoms with E-state index in [0.29, 0.717) is 11.3 Å². The number of nitro groups is 1. The Kier molecular flexibility index (Phi) is 4.07. The van der Waals surface area contributed by atoms with Crippen LogP contribution in [0, 0.1) is 17.0 Å². The van der Waals surface area contributed by atoms with Crippen LogP contribution in [0.3, 0.4) is 0 Å². The molecule has 0 radical (unpaired) electrons. The van der Waals surface area contributed by atoms with Crippen molar-refractivity contribution in [3.8, 4) is 0 Å². The van der Waals surface area contributed by atoms with Crippen molar-refractivity contribution >= 4 is 11.4 Å². The molecule has 0 aliphatic carbocycles. The van der Waals surface area contributed by atoms with Gasteiger partial charge in [0, 0.05) is 17.3 Å². The van der Waals surface area contributed by atoms with Crippen molar-refractivity contribution in [1.29, 1.82) is 0 Å². The lowest BCUT2D eigenvalue weighted by molar-refractivity contribution is -0.385. The largest absolute Gasteiger partial charge is 0.394 e. The molecule has 0 aliphatic heterocycles. The first kappa shape index (κ1) is 13.4. The molecule has 1 aromatic rings. The summed E-state index contributed by atoms with van der Waals surface area (Å²) in [5, 5.41) is 23.3. The van der Waals surface area contributed by atoms with Crippen LogP contribution in [-0.4, -0.2) is 22.2 Å². The monoisotopic (exact) mass is 238 g/mol. The standard InChI is InChI=1S/C12H18N2O3/c1-4-12(3,8-15)13-10-6-5-7-11(9(10)2)14(16)17/h5-7,13,15H,4,8H2,1-3H3. The number of aliphatic hydroxyl groups excluding tert-OH is 1. The van der Waals surface area contributed by atoms with Gasteiger partial charge in [-0.15, -0.1) is 0 Å². The highest BCUT2D eigenvalue weighted by Crippen LogP contribution is 2.28. The Hall–Kier alpha value is -1.62. The zero-order valence-electron chi connectivity index (χ0n) is 10.4. The summed E-state index contributed by atoms with van der Waals surface area (Å²) in [5.41, 5.74) is 0.912. The van der Waals surface area contributed by atoms with E-state index in [4.69, 9.17) is 0 Å². The van der Waals surface area contributed by atoms with Crippen molar-refractivity contribution in [3.63, 3.8) is 0 Å². The van der Waals surface area contributed by atoms with E-state index in [1.807, 2.05) is 13.8 Å². The number of anilines is 1. The predicted octanol–water partition coefficient (Wildman–Crippen LogP) is 2.48. The van der Waals surface area contributed by atoms with Gasteiger partial charge in [0.1, 0.15) is 0 Å². The van der Waals surface area contributed by atoms with E-state index in [0.717, 1.165) is 6.42 Å². The number of benzene rings is 1. The first-order chi connectivity index (χ1) is 7.93. The lowest BCUT2D eigenvalue weighted by atomic mass is 9.99. The summed E-state index contributed by atoms with van der Waals surface area (Å²) in [6, 6.07) is 4.90. The van der Waals surface area contributed by atoms with Gasteiger partial charge >= 0.3 is 0 Å². The topological polar surface area (TPSA) is 75.4 Å². The molecule has 2 N–H and O–H groups in total. The molecule has 1 aromatic carbocycles. The van der Waals surface area contributed by atoms with Crippen molar-refractivity contribution in [2.24, 2.45) is 0 Å². The van der Waals surface area contributed by atoms with E-state index in [1.54, 1.807) is 19.1 Å². The minimum Gasteiger partial charge on any atom is -0.394 e. The van der Waals surface area contributed by atoms with E-state index in [1.165, 1.54) is 6.07 Å². The predicted molar refractivity (Wildman–Crippen MR) is 67.2 cm³/mol. The SMILES string of the molecule is CCC(C)(CO)Nc1cccc([N+](=O)[O-])c1C. The molecule has 0 spiro atoms. The van der Waals surface area contributed by atoms with Gasteiger partial charge in [-0.25, -0.2) is 0 Å². The van der Waals surface area contributed by atoms with Crippen LogP contribution in [0.25, 0.3) is 0 Å². The summed E-state index contributed by atoms with van der Waals surface area (Å²) >= 11 is 0. The Balaban J connectivity index is 3.08. The Morgan fingerprint density at radius 1 is 1.53 bits per heavy atom. The molecule has 94 valence electrons. The van der Waals surface area contributed by atoms with Gasteiger partial charge < -0.3 is 10.4 Å². The average Bonchev–Trinajstić information content (AvgIpc) is 2.31. The third-order valence-electron chi connectivity index (χ3n) is 3.07. The smallest absolute Gasteiger partial charge is 0.274 e. The molecule has 17 heavy (non-hydrogen) atoms. The zero-order valence-corrected chi connectivity index (χ0v) is 10.4. The van der Waals surface area contributed by atoms with Crippen molar-refractivity contribution < 1.29 is 10.0 Å². The Labute approximate surface area is 101 Å². The van der Waals surface area contributed by atoms with Crippen LogP contribution >= 0.6 is 0 Å².